The molecule has 2 N–H and O–H groups in total. The summed E-state index contributed by atoms with van der Waals surface area (Å²) in [4.78, 5) is 10.4. The number of benzene rings is 1. The van der Waals surface area contributed by atoms with Crippen molar-refractivity contribution in [1.82, 2.24) is 0 Å². The highest BCUT2D eigenvalue weighted by atomic mass is 32.2. The van der Waals surface area contributed by atoms with Crippen LogP contribution in [0.5, 0.6) is 0 Å². The molecule has 0 atom stereocenters. The van der Waals surface area contributed by atoms with Gasteiger partial charge in [0.1, 0.15) is 5.69 Å². The molecule has 1 aromatic carbocycles. The molecule has 0 spiro atoms. The Bertz CT molecular complexity index is 431. The highest BCUT2D eigenvalue weighted by Crippen LogP contribution is 2.30. The van der Waals surface area contributed by atoms with Crippen molar-refractivity contribution >= 4 is 23.1 Å². The summed E-state index contributed by atoms with van der Waals surface area (Å²) in [6, 6.07) is 5.10. The van der Waals surface area contributed by atoms with E-state index in [0.29, 0.717) is 0 Å². The second-order valence-electron chi connectivity index (χ2n) is 4.82. The van der Waals surface area contributed by atoms with E-state index in [-0.39, 0.29) is 11.4 Å². The maximum absolute atomic E-state index is 10.8. The van der Waals surface area contributed by atoms with Gasteiger partial charge in [0.25, 0.3) is 5.69 Å². The van der Waals surface area contributed by atoms with Crippen LogP contribution in [0.4, 0.5) is 11.4 Å². The van der Waals surface area contributed by atoms with Gasteiger partial charge in [-0.25, -0.2) is 0 Å². The number of nitro benzene ring substituents is 1. The van der Waals surface area contributed by atoms with Gasteiger partial charge in [-0.2, -0.15) is 11.8 Å². The Morgan fingerprint density at radius 1 is 1.39 bits per heavy atom. The van der Waals surface area contributed by atoms with Crippen molar-refractivity contribution in [2.45, 2.75) is 31.4 Å². The van der Waals surface area contributed by atoms with E-state index in [9.17, 15) is 10.1 Å². The molecule has 2 rings (SSSR count). The maximum atomic E-state index is 10.8. The van der Waals surface area contributed by atoms with Gasteiger partial charge < -0.3 is 5.73 Å². The van der Waals surface area contributed by atoms with Gasteiger partial charge in [0.05, 0.1) is 4.92 Å². The third-order valence-corrected chi connectivity index (χ3v) is 4.63. The van der Waals surface area contributed by atoms with E-state index in [0.717, 1.165) is 23.0 Å². The Hall–Kier alpha value is -1.23. The van der Waals surface area contributed by atoms with Crippen molar-refractivity contribution in [3.63, 3.8) is 0 Å². The standard InChI is InChI=1S/C13H18N2O2S/c14-12-6-5-11(7-13(12)15(16)17)9-18-8-10-3-1-2-4-10/h5-7,10H,1-4,8-9,14H2. The molecule has 0 unspecified atom stereocenters. The molecule has 1 saturated carbocycles. The first kappa shape index (κ1) is 13.2. The zero-order valence-electron chi connectivity index (χ0n) is 10.3. The number of hydrogen-bond acceptors (Lipinski definition) is 4. The highest BCUT2D eigenvalue weighted by molar-refractivity contribution is 7.98. The van der Waals surface area contributed by atoms with Gasteiger partial charge in [-0.05, 0) is 36.1 Å². The van der Waals surface area contributed by atoms with Crippen molar-refractivity contribution in [3.8, 4) is 0 Å². The fraction of sp³-hybridized carbons (Fsp3) is 0.538. The second kappa shape index (κ2) is 6.09. The van der Waals surface area contributed by atoms with Crippen molar-refractivity contribution in [3.05, 3.63) is 33.9 Å². The van der Waals surface area contributed by atoms with Crippen LogP contribution >= 0.6 is 11.8 Å². The van der Waals surface area contributed by atoms with E-state index < -0.39 is 4.92 Å². The number of nitrogen functional groups attached to an aromatic ring is 1. The van der Waals surface area contributed by atoms with Gasteiger partial charge in [-0.1, -0.05) is 18.9 Å². The lowest BCUT2D eigenvalue weighted by Gasteiger charge is -2.08. The van der Waals surface area contributed by atoms with Crippen LogP contribution in [0.25, 0.3) is 0 Å². The molecule has 4 nitrogen and oxygen atoms in total. The van der Waals surface area contributed by atoms with Crippen LogP contribution in [-0.2, 0) is 5.75 Å². The summed E-state index contributed by atoms with van der Waals surface area (Å²) in [7, 11) is 0. The van der Waals surface area contributed by atoms with E-state index in [4.69, 9.17) is 5.73 Å². The zero-order valence-corrected chi connectivity index (χ0v) is 11.1. The lowest BCUT2D eigenvalue weighted by molar-refractivity contribution is -0.383. The van der Waals surface area contributed by atoms with Crippen molar-refractivity contribution in [2.75, 3.05) is 11.5 Å². The predicted octanol–water partition coefficient (Wildman–Crippen LogP) is 3.60. The normalized spacial score (nSPS) is 16.0. The Morgan fingerprint density at radius 2 is 2.11 bits per heavy atom. The van der Waals surface area contributed by atoms with E-state index in [1.807, 2.05) is 17.8 Å². The average Bonchev–Trinajstić information content (AvgIpc) is 2.84. The highest BCUT2D eigenvalue weighted by Gasteiger charge is 2.15. The Morgan fingerprint density at radius 3 is 2.78 bits per heavy atom. The van der Waals surface area contributed by atoms with Crippen LogP contribution in [0.2, 0.25) is 0 Å². The summed E-state index contributed by atoms with van der Waals surface area (Å²) in [5, 5.41) is 10.8. The van der Waals surface area contributed by atoms with E-state index in [2.05, 4.69) is 0 Å². The minimum Gasteiger partial charge on any atom is -0.393 e. The van der Waals surface area contributed by atoms with E-state index in [1.54, 1.807) is 12.1 Å². The van der Waals surface area contributed by atoms with E-state index in [1.165, 1.54) is 25.7 Å². The Labute approximate surface area is 111 Å². The van der Waals surface area contributed by atoms with Gasteiger partial charge in [0, 0.05) is 11.8 Å². The number of nitrogens with zero attached hydrogens (tertiary/aromatic N) is 1. The van der Waals surface area contributed by atoms with Crippen LogP contribution in [0.1, 0.15) is 31.2 Å². The van der Waals surface area contributed by atoms with Gasteiger partial charge in [0.2, 0.25) is 0 Å². The summed E-state index contributed by atoms with van der Waals surface area (Å²) in [6.07, 6.45) is 5.40. The second-order valence-corrected chi connectivity index (χ2v) is 5.85. The number of nitrogens with two attached hydrogens (primary N) is 1. The molecule has 0 bridgehead atoms. The number of nitro groups is 1. The van der Waals surface area contributed by atoms with Crippen LogP contribution in [0.3, 0.4) is 0 Å². The average molecular weight is 266 g/mol. The molecule has 0 aromatic heterocycles. The largest absolute Gasteiger partial charge is 0.393 e. The molecule has 1 aromatic rings. The molecule has 0 heterocycles. The van der Waals surface area contributed by atoms with Crippen molar-refractivity contribution in [2.24, 2.45) is 5.92 Å². The van der Waals surface area contributed by atoms with Crippen LogP contribution < -0.4 is 5.73 Å². The topological polar surface area (TPSA) is 69.2 Å². The van der Waals surface area contributed by atoms with Crippen LogP contribution in [-0.4, -0.2) is 10.7 Å². The Balaban J connectivity index is 1.88. The van der Waals surface area contributed by atoms with Crippen molar-refractivity contribution < 1.29 is 4.92 Å². The maximum Gasteiger partial charge on any atom is 0.292 e. The molecule has 0 aliphatic heterocycles. The van der Waals surface area contributed by atoms with Gasteiger partial charge in [0.15, 0.2) is 0 Å². The summed E-state index contributed by atoms with van der Waals surface area (Å²) in [5.41, 5.74) is 6.82. The number of thioether (sulfide) groups is 1. The SMILES string of the molecule is Nc1ccc(CSCC2CCCC2)cc1[N+](=O)[O-]. The minimum absolute atomic E-state index is 0.0222. The molecule has 18 heavy (non-hydrogen) atoms. The molecular weight excluding hydrogens is 248 g/mol. The third kappa shape index (κ3) is 3.38. The van der Waals surface area contributed by atoms with Gasteiger partial charge >= 0.3 is 0 Å². The molecule has 0 saturated heterocycles. The fourth-order valence-corrected chi connectivity index (χ4v) is 3.56. The molecule has 0 radical (unpaired) electrons. The molecule has 0 amide bonds. The van der Waals surface area contributed by atoms with E-state index >= 15 is 0 Å². The monoisotopic (exact) mass is 266 g/mol. The number of hydrogen-bond donors (Lipinski definition) is 1. The van der Waals surface area contributed by atoms with Crippen LogP contribution in [0, 0.1) is 16.0 Å². The summed E-state index contributed by atoms with van der Waals surface area (Å²) < 4.78 is 0. The molecule has 1 aliphatic rings. The smallest absolute Gasteiger partial charge is 0.292 e. The summed E-state index contributed by atoms with van der Waals surface area (Å²) in [5.74, 6) is 2.84. The predicted molar refractivity (Wildman–Crippen MR) is 75.6 cm³/mol. The molecule has 98 valence electrons. The summed E-state index contributed by atoms with van der Waals surface area (Å²) >= 11 is 1.87. The summed E-state index contributed by atoms with van der Waals surface area (Å²) in [6.45, 7) is 0. The quantitative estimate of drug-likeness (QED) is 0.502. The third-order valence-electron chi connectivity index (χ3n) is 3.39. The lowest BCUT2D eigenvalue weighted by Crippen LogP contribution is -1.99. The number of rotatable bonds is 5. The number of anilines is 1. The molecule has 1 aliphatic carbocycles. The first-order valence-corrected chi connectivity index (χ1v) is 7.43. The lowest BCUT2D eigenvalue weighted by atomic mass is 10.1. The Kier molecular flexibility index (Phi) is 4.47. The van der Waals surface area contributed by atoms with Crippen LogP contribution in [0.15, 0.2) is 18.2 Å². The zero-order chi connectivity index (χ0) is 13.0. The minimum atomic E-state index is -0.416. The van der Waals surface area contributed by atoms with Gasteiger partial charge in [-0.3, -0.25) is 10.1 Å². The first-order valence-electron chi connectivity index (χ1n) is 6.27. The first-order chi connectivity index (χ1) is 8.66. The van der Waals surface area contributed by atoms with Gasteiger partial charge in [-0.15, -0.1) is 0 Å². The fourth-order valence-electron chi connectivity index (χ4n) is 2.36. The van der Waals surface area contributed by atoms with Crippen molar-refractivity contribution in [1.29, 1.82) is 0 Å². The molecular formula is C13H18N2O2S. The molecule has 5 heteroatoms. The molecule has 1 fully saturated rings.